The van der Waals surface area contributed by atoms with Crippen LogP contribution in [0.4, 0.5) is 0 Å². The second kappa shape index (κ2) is 9.42. The summed E-state index contributed by atoms with van der Waals surface area (Å²) in [4.78, 5) is 35.1. The van der Waals surface area contributed by atoms with Gasteiger partial charge in [0.25, 0.3) is 0 Å². The molecule has 0 atom stereocenters. The Labute approximate surface area is 111 Å². The van der Waals surface area contributed by atoms with E-state index in [1.54, 1.807) is 4.90 Å². The molecular weight excluding hydrogens is 256 g/mol. The van der Waals surface area contributed by atoms with Gasteiger partial charge >= 0.3 is 11.9 Å². The van der Waals surface area contributed by atoms with Crippen molar-refractivity contribution < 1.29 is 29.7 Å². The zero-order chi connectivity index (χ0) is 14.8. The summed E-state index contributed by atoms with van der Waals surface area (Å²) in [7, 11) is 0. The number of aliphatic hydroxyl groups is 1. The summed E-state index contributed by atoms with van der Waals surface area (Å²) in [6.07, 6.45) is 0. The number of carbonyl (C=O) groups is 3. The van der Waals surface area contributed by atoms with Gasteiger partial charge in [0.05, 0.1) is 26.2 Å². The van der Waals surface area contributed by atoms with Gasteiger partial charge in [0.2, 0.25) is 0 Å². The molecule has 0 aliphatic heterocycles. The summed E-state index contributed by atoms with van der Waals surface area (Å²) in [5, 5.41) is 26.2. The Balaban J connectivity index is 4.34. The van der Waals surface area contributed by atoms with Gasteiger partial charge in [-0.05, 0) is 6.92 Å². The van der Waals surface area contributed by atoms with E-state index in [2.05, 4.69) is 0 Å². The van der Waals surface area contributed by atoms with Crippen molar-refractivity contribution in [3.8, 4) is 0 Å². The Morgan fingerprint density at radius 3 is 1.68 bits per heavy atom. The minimum atomic E-state index is -1.11. The van der Waals surface area contributed by atoms with Crippen molar-refractivity contribution in [1.82, 2.24) is 9.80 Å². The molecule has 0 saturated carbocycles. The number of carboxylic acid groups (broad SMARTS) is 2. The number of rotatable bonds is 11. The van der Waals surface area contributed by atoms with Crippen molar-refractivity contribution in [1.29, 1.82) is 0 Å². The molecule has 3 N–H and O–H groups in total. The van der Waals surface area contributed by atoms with E-state index in [-0.39, 0.29) is 45.1 Å². The molecule has 0 aromatic heterocycles. The maximum Gasteiger partial charge on any atom is 0.317 e. The maximum atomic E-state index is 11.0. The maximum absolute atomic E-state index is 11.0. The third-order valence-electron chi connectivity index (χ3n) is 2.31. The largest absolute Gasteiger partial charge is 0.480 e. The minimum Gasteiger partial charge on any atom is -0.480 e. The number of Topliss-reactive ketones (excluding diaryl/α,β-unsaturated/α-hetero) is 1. The predicted molar refractivity (Wildman–Crippen MR) is 65.9 cm³/mol. The molecule has 0 rings (SSSR count). The molecular formula is C11H20N2O6. The van der Waals surface area contributed by atoms with E-state index in [0.717, 1.165) is 0 Å². The van der Waals surface area contributed by atoms with E-state index in [1.807, 2.05) is 0 Å². The zero-order valence-corrected chi connectivity index (χ0v) is 10.9. The molecule has 0 radical (unpaired) electrons. The van der Waals surface area contributed by atoms with E-state index >= 15 is 0 Å². The molecule has 0 spiro atoms. The van der Waals surface area contributed by atoms with Crippen LogP contribution in [0.1, 0.15) is 6.92 Å². The monoisotopic (exact) mass is 276 g/mol. The molecule has 0 fully saturated rings. The number of carbonyl (C=O) groups excluding carboxylic acids is 1. The highest BCUT2D eigenvalue weighted by atomic mass is 16.4. The fourth-order valence-corrected chi connectivity index (χ4v) is 1.61. The Hall–Kier alpha value is -1.51. The topological polar surface area (TPSA) is 118 Å². The van der Waals surface area contributed by atoms with Crippen LogP contribution < -0.4 is 0 Å². The fourth-order valence-electron chi connectivity index (χ4n) is 1.61. The predicted octanol–water partition coefficient (Wildman–Crippen LogP) is -1.66. The van der Waals surface area contributed by atoms with E-state index in [1.165, 1.54) is 11.8 Å². The normalized spacial score (nSPS) is 10.9. The van der Waals surface area contributed by atoms with Gasteiger partial charge < -0.3 is 15.3 Å². The second-order valence-electron chi connectivity index (χ2n) is 4.20. The average molecular weight is 276 g/mol. The summed E-state index contributed by atoms with van der Waals surface area (Å²) in [6, 6.07) is 0. The molecule has 0 amide bonds. The van der Waals surface area contributed by atoms with Gasteiger partial charge in [-0.3, -0.25) is 24.2 Å². The summed E-state index contributed by atoms with van der Waals surface area (Å²) in [6.45, 7) is 1.50. The van der Waals surface area contributed by atoms with Gasteiger partial charge in [0.15, 0.2) is 0 Å². The van der Waals surface area contributed by atoms with Crippen LogP contribution in [-0.2, 0) is 14.4 Å². The Morgan fingerprint density at radius 1 is 0.842 bits per heavy atom. The number of aliphatic hydroxyl groups excluding tert-OH is 1. The third kappa shape index (κ3) is 10.1. The molecule has 110 valence electrons. The minimum absolute atomic E-state index is 0.0727. The fraction of sp³-hybridized carbons (Fsp3) is 0.727. The molecule has 0 aliphatic carbocycles. The first-order chi connectivity index (χ1) is 8.85. The van der Waals surface area contributed by atoms with Crippen LogP contribution in [0, 0.1) is 0 Å². The van der Waals surface area contributed by atoms with E-state index < -0.39 is 11.9 Å². The molecule has 0 saturated heterocycles. The van der Waals surface area contributed by atoms with Crippen molar-refractivity contribution in [2.75, 3.05) is 45.9 Å². The third-order valence-corrected chi connectivity index (χ3v) is 2.31. The Morgan fingerprint density at radius 2 is 1.32 bits per heavy atom. The summed E-state index contributed by atoms with van der Waals surface area (Å²) in [5.74, 6) is -2.29. The van der Waals surface area contributed by atoms with Crippen LogP contribution in [-0.4, -0.2) is 88.7 Å². The first-order valence-electron chi connectivity index (χ1n) is 5.83. The first kappa shape index (κ1) is 17.5. The van der Waals surface area contributed by atoms with Crippen LogP contribution >= 0.6 is 0 Å². The number of ketones is 1. The highest BCUT2D eigenvalue weighted by Gasteiger charge is 2.15. The molecule has 8 heteroatoms. The zero-order valence-electron chi connectivity index (χ0n) is 10.9. The number of nitrogens with zero attached hydrogens (tertiary/aromatic N) is 2. The van der Waals surface area contributed by atoms with Crippen LogP contribution in [0.15, 0.2) is 0 Å². The lowest BCUT2D eigenvalue weighted by molar-refractivity contribution is -0.142. The van der Waals surface area contributed by atoms with E-state index in [9.17, 15) is 14.4 Å². The number of aliphatic carboxylic acids is 2. The standard InChI is InChI=1S/C11H20N2O6/c1-9(15)6-12(4-5-14)2-3-13(7-10(16)17)8-11(18)19/h14H,2-8H2,1H3,(H,16,17)(H,18,19). The van der Waals surface area contributed by atoms with Crippen LogP contribution in [0.3, 0.4) is 0 Å². The SMILES string of the molecule is CC(=O)CN(CCO)CCN(CC(=O)O)CC(=O)O. The lowest BCUT2D eigenvalue weighted by atomic mass is 10.3. The van der Waals surface area contributed by atoms with Crippen molar-refractivity contribution >= 4 is 17.7 Å². The van der Waals surface area contributed by atoms with Crippen LogP contribution in [0.5, 0.6) is 0 Å². The highest BCUT2D eigenvalue weighted by Crippen LogP contribution is 1.94. The second-order valence-corrected chi connectivity index (χ2v) is 4.20. The summed E-state index contributed by atoms with van der Waals surface area (Å²) in [5.41, 5.74) is 0. The molecule has 0 aliphatic rings. The van der Waals surface area contributed by atoms with Crippen LogP contribution in [0.25, 0.3) is 0 Å². The number of hydrogen-bond donors (Lipinski definition) is 3. The number of hydrogen-bond acceptors (Lipinski definition) is 6. The van der Waals surface area contributed by atoms with E-state index in [0.29, 0.717) is 6.54 Å². The van der Waals surface area contributed by atoms with Gasteiger partial charge in [-0.2, -0.15) is 0 Å². The van der Waals surface area contributed by atoms with Crippen LogP contribution in [0.2, 0.25) is 0 Å². The quantitative estimate of drug-likeness (QED) is 0.410. The van der Waals surface area contributed by atoms with Gasteiger partial charge in [-0.15, -0.1) is 0 Å². The van der Waals surface area contributed by atoms with Gasteiger partial charge in [-0.1, -0.05) is 0 Å². The molecule has 0 bridgehead atoms. The first-order valence-corrected chi connectivity index (χ1v) is 5.83. The molecule has 19 heavy (non-hydrogen) atoms. The lowest BCUT2D eigenvalue weighted by Crippen LogP contribution is -2.42. The lowest BCUT2D eigenvalue weighted by Gasteiger charge is -2.24. The molecule has 0 unspecified atom stereocenters. The molecule has 0 heterocycles. The van der Waals surface area contributed by atoms with Crippen molar-refractivity contribution in [3.63, 3.8) is 0 Å². The Kier molecular flexibility index (Phi) is 8.68. The van der Waals surface area contributed by atoms with E-state index in [4.69, 9.17) is 15.3 Å². The number of carboxylic acids is 2. The van der Waals surface area contributed by atoms with Crippen molar-refractivity contribution in [2.45, 2.75) is 6.92 Å². The summed E-state index contributed by atoms with van der Waals surface area (Å²) >= 11 is 0. The van der Waals surface area contributed by atoms with Gasteiger partial charge in [0, 0.05) is 19.6 Å². The average Bonchev–Trinajstić information content (AvgIpc) is 2.23. The smallest absolute Gasteiger partial charge is 0.317 e. The van der Waals surface area contributed by atoms with Crippen molar-refractivity contribution in [2.24, 2.45) is 0 Å². The van der Waals surface area contributed by atoms with Crippen molar-refractivity contribution in [3.05, 3.63) is 0 Å². The van der Waals surface area contributed by atoms with Gasteiger partial charge in [-0.25, -0.2) is 0 Å². The Bertz CT molecular complexity index is 304. The molecule has 0 aromatic carbocycles. The molecule has 0 aromatic rings. The summed E-state index contributed by atoms with van der Waals surface area (Å²) < 4.78 is 0. The van der Waals surface area contributed by atoms with Gasteiger partial charge in [0.1, 0.15) is 5.78 Å². The molecule has 8 nitrogen and oxygen atoms in total. The highest BCUT2D eigenvalue weighted by molar-refractivity contribution is 5.77.